The molecule has 0 heterocycles. The number of hydrogen-bond acceptors (Lipinski definition) is 2. The number of nitrogens with one attached hydrogen (secondary N) is 1. The molecule has 4 heteroatoms. The maximum absolute atomic E-state index is 12.0. The maximum Gasteiger partial charge on any atom is 0.307 e. The number of carbonyl (C=O) groups excluding carboxylic acids is 1. The average molecular weight is 269 g/mol. The lowest BCUT2D eigenvalue weighted by atomic mass is 9.61. The van der Waals surface area contributed by atoms with Crippen LogP contribution in [-0.2, 0) is 9.59 Å². The van der Waals surface area contributed by atoms with Gasteiger partial charge in [0.25, 0.3) is 0 Å². The molecule has 1 saturated carbocycles. The van der Waals surface area contributed by atoms with Crippen LogP contribution >= 0.6 is 0 Å². The number of carbonyl (C=O) groups is 2. The van der Waals surface area contributed by atoms with Gasteiger partial charge in [0, 0.05) is 12.0 Å². The Morgan fingerprint density at radius 1 is 1.37 bits per heavy atom. The summed E-state index contributed by atoms with van der Waals surface area (Å²) in [6, 6.07) is 0.0899. The van der Waals surface area contributed by atoms with Crippen molar-refractivity contribution in [2.45, 2.75) is 59.9 Å². The van der Waals surface area contributed by atoms with Crippen molar-refractivity contribution in [3.8, 4) is 0 Å². The summed E-state index contributed by atoms with van der Waals surface area (Å²) in [5.41, 5.74) is -0.294. The second kappa shape index (κ2) is 5.93. The van der Waals surface area contributed by atoms with Crippen LogP contribution < -0.4 is 5.32 Å². The number of amides is 1. The van der Waals surface area contributed by atoms with Crippen molar-refractivity contribution >= 4 is 11.9 Å². The smallest absolute Gasteiger partial charge is 0.307 e. The molecule has 0 aromatic carbocycles. The zero-order valence-electron chi connectivity index (χ0n) is 12.7. The second-order valence-corrected chi connectivity index (χ2v) is 6.50. The lowest BCUT2D eigenvalue weighted by Gasteiger charge is -2.46. The van der Waals surface area contributed by atoms with Gasteiger partial charge in [0.15, 0.2) is 0 Å². The lowest BCUT2D eigenvalue weighted by molar-refractivity contribution is -0.150. The normalized spacial score (nSPS) is 31.5. The highest BCUT2D eigenvalue weighted by Gasteiger charge is 2.46. The Kier molecular flexibility index (Phi) is 4.99. The van der Waals surface area contributed by atoms with E-state index >= 15 is 0 Å². The SMILES string of the molecule is CCC(C)C(=O)NC1CCC(C(=O)O)C(C)(C)C1C. The molecule has 0 radical (unpaired) electrons. The predicted octanol–water partition coefficient (Wildman–Crippen LogP) is 2.67. The Morgan fingerprint density at radius 3 is 2.42 bits per heavy atom. The lowest BCUT2D eigenvalue weighted by Crippen LogP contribution is -2.53. The number of carboxylic acids is 1. The van der Waals surface area contributed by atoms with Crippen molar-refractivity contribution in [3.05, 3.63) is 0 Å². The third kappa shape index (κ3) is 3.28. The standard InChI is InChI=1S/C15H27NO3/c1-6-9(2)13(17)16-12-8-7-11(14(18)19)15(4,5)10(12)3/h9-12H,6-8H2,1-5H3,(H,16,17)(H,18,19). The van der Waals surface area contributed by atoms with E-state index in [2.05, 4.69) is 12.2 Å². The molecular formula is C15H27NO3. The highest BCUT2D eigenvalue weighted by Crippen LogP contribution is 2.45. The van der Waals surface area contributed by atoms with E-state index in [1.165, 1.54) is 0 Å². The number of hydrogen-bond donors (Lipinski definition) is 2. The summed E-state index contributed by atoms with van der Waals surface area (Å²) in [6.45, 7) is 9.97. The van der Waals surface area contributed by atoms with Crippen molar-refractivity contribution in [2.75, 3.05) is 0 Å². The van der Waals surface area contributed by atoms with Crippen LogP contribution in [-0.4, -0.2) is 23.0 Å². The van der Waals surface area contributed by atoms with Crippen molar-refractivity contribution < 1.29 is 14.7 Å². The van der Waals surface area contributed by atoms with E-state index in [4.69, 9.17) is 0 Å². The maximum atomic E-state index is 12.0. The van der Waals surface area contributed by atoms with Gasteiger partial charge in [-0.1, -0.05) is 34.6 Å². The van der Waals surface area contributed by atoms with Crippen LogP contribution in [0.4, 0.5) is 0 Å². The van der Waals surface area contributed by atoms with E-state index in [-0.39, 0.29) is 35.1 Å². The predicted molar refractivity (Wildman–Crippen MR) is 74.7 cm³/mol. The summed E-state index contributed by atoms with van der Waals surface area (Å²) in [5.74, 6) is -0.769. The molecule has 2 N–H and O–H groups in total. The summed E-state index contributed by atoms with van der Waals surface area (Å²) in [5, 5.41) is 12.4. The van der Waals surface area contributed by atoms with Gasteiger partial charge < -0.3 is 10.4 Å². The van der Waals surface area contributed by atoms with E-state index in [0.29, 0.717) is 6.42 Å². The Labute approximate surface area is 116 Å². The molecule has 4 unspecified atom stereocenters. The fourth-order valence-electron chi connectivity index (χ4n) is 2.95. The first-order valence-electron chi connectivity index (χ1n) is 7.25. The first-order chi connectivity index (χ1) is 8.71. The minimum atomic E-state index is -0.719. The first kappa shape index (κ1) is 16.0. The average Bonchev–Trinajstić information content (AvgIpc) is 2.33. The molecule has 110 valence electrons. The molecule has 4 nitrogen and oxygen atoms in total. The zero-order valence-corrected chi connectivity index (χ0v) is 12.7. The van der Waals surface area contributed by atoms with Crippen LogP contribution in [0.3, 0.4) is 0 Å². The molecular weight excluding hydrogens is 242 g/mol. The Balaban J connectivity index is 2.75. The molecule has 1 aliphatic rings. The van der Waals surface area contributed by atoms with Crippen LogP contribution in [0.25, 0.3) is 0 Å². The summed E-state index contributed by atoms with van der Waals surface area (Å²) >= 11 is 0. The van der Waals surface area contributed by atoms with E-state index in [1.807, 2.05) is 27.7 Å². The molecule has 0 aromatic rings. The number of rotatable bonds is 4. The van der Waals surface area contributed by atoms with Gasteiger partial charge >= 0.3 is 5.97 Å². The summed E-state index contributed by atoms with van der Waals surface area (Å²) < 4.78 is 0. The molecule has 0 aliphatic heterocycles. The number of carboxylic acid groups (broad SMARTS) is 1. The monoisotopic (exact) mass is 269 g/mol. The molecule has 1 aliphatic carbocycles. The van der Waals surface area contributed by atoms with E-state index in [0.717, 1.165) is 12.8 Å². The van der Waals surface area contributed by atoms with E-state index in [9.17, 15) is 14.7 Å². The van der Waals surface area contributed by atoms with Crippen LogP contribution in [0.2, 0.25) is 0 Å². The van der Waals surface area contributed by atoms with Crippen molar-refractivity contribution in [3.63, 3.8) is 0 Å². The van der Waals surface area contributed by atoms with Crippen LogP contribution in [0.1, 0.15) is 53.9 Å². The minimum Gasteiger partial charge on any atom is -0.481 e. The van der Waals surface area contributed by atoms with Gasteiger partial charge in [0.1, 0.15) is 0 Å². The van der Waals surface area contributed by atoms with Gasteiger partial charge in [0.05, 0.1) is 5.92 Å². The topological polar surface area (TPSA) is 66.4 Å². The summed E-state index contributed by atoms with van der Waals surface area (Å²) in [6.07, 6.45) is 2.22. The van der Waals surface area contributed by atoms with Gasteiger partial charge in [-0.05, 0) is 30.6 Å². The van der Waals surface area contributed by atoms with Crippen molar-refractivity contribution in [2.24, 2.45) is 23.2 Å². The fraction of sp³-hybridized carbons (Fsp3) is 0.867. The summed E-state index contributed by atoms with van der Waals surface area (Å²) in [7, 11) is 0. The van der Waals surface area contributed by atoms with Gasteiger partial charge in [-0.15, -0.1) is 0 Å². The molecule has 0 saturated heterocycles. The van der Waals surface area contributed by atoms with E-state index in [1.54, 1.807) is 0 Å². The molecule has 1 fully saturated rings. The summed E-state index contributed by atoms with van der Waals surface area (Å²) in [4.78, 5) is 23.3. The van der Waals surface area contributed by atoms with Crippen LogP contribution in [0.15, 0.2) is 0 Å². The Hall–Kier alpha value is -1.06. The largest absolute Gasteiger partial charge is 0.481 e. The second-order valence-electron chi connectivity index (χ2n) is 6.50. The zero-order chi connectivity index (χ0) is 14.8. The van der Waals surface area contributed by atoms with Gasteiger partial charge in [0.2, 0.25) is 5.91 Å². The fourth-order valence-corrected chi connectivity index (χ4v) is 2.95. The van der Waals surface area contributed by atoms with Crippen molar-refractivity contribution in [1.29, 1.82) is 0 Å². The quantitative estimate of drug-likeness (QED) is 0.824. The molecule has 1 rings (SSSR count). The highest BCUT2D eigenvalue weighted by atomic mass is 16.4. The molecule has 0 aromatic heterocycles. The van der Waals surface area contributed by atoms with Gasteiger partial charge in [-0.3, -0.25) is 9.59 Å². The number of aliphatic carboxylic acids is 1. The van der Waals surface area contributed by atoms with Crippen molar-refractivity contribution in [1.82, 2.24) is 5.32 Å². The van der Waals surface area contributed by atoms with Gasteiger partial charge in [-0.25, -0.2) is 0 Å². The molecule has 4 atom stereocenters. The Morgan fingerprint density at radius 2 is 1.95 bits per heavy atom. The molecule has 0 spiro atoms. The Bertz CT molecular complexity index is 351. The highest BCUT2D eigenvalue weighted by molar-refractivity contribution is 5.78. The third-order valence-corrected chi connectivity index (χ3v) is 5.13. The van der Waals surface area contributed by atoms with Crippen LogP contribution in [0, 0.1) is 23.2 Å². The minimum absolute atomic E-state index is 0.0208. The molecule has 19 heavy (non-hydrogen) atoms. The molecule has 1 amide bonds. The third-order valence-electron chi connectivity index (χ3n) is 5.13. The van der Waals surface area contributed by atoms with Crippen LogP contribution in [0.5, 0.6) is 0 Å². The van der Waals surface area contributed by atoms with Gasteiger partial charge in [-0.2, -0.15) is 0 Å². The molecule has 0 bridgehead atoms. The first-order valence-corrected chi connectivity index (χ1v) is 7.25. The van der Waals surface area contributed by atoms with E-state index < -0.39 is 5.97 Å².